The van der Waals surface area contributed by atoms with Gasteiger partial charge in [-0.2, -0.15) is 0 Å². The summed E-state index contributed by atoms with van der Waals surface area (Å²) in [6.45, 7) is 3.86. The van der Waals surface area contributed by atoms with Crippen LogP contribution in [0.5, 0.6) is 0 Å². The molecule has 1 saturated carbocycles. The van der Waals surface area contributed by atoms with Crippen molar-refractivity contribution in [1.82, 2.24) is 5.16 Å². The smallest absolute Gasteiger partial charge is 0.141 e. The van der Waals surface area contributed by atoms with Crippen molar-refractivity contribution in [3.63, 3.8) is 0 Å². The van der Waals surface area contributed by atoms with Crippen LogP contribution in [0, 0.1) is 13.8 Å². The van der Waals surface area contributed by atoms with Gasteiger partial charge in [-0.1, -0.05) is 17.3 Å². The summed E-state index contributed by atoms with van der Waals surface area (Å²) in [4.78, 5) is 0. The molecule has 0 spiro atoms. The largest absolute Gasteiger partial charge is 0.397 e. The zero-order valence-electron chi connectivity index (χ0n) is 14.1. The number of aromatic nitrogens is 1. The van der Waals surface area contributed by atoms with Gasteiger partial charge in [-0.25, -0.2) is 0 Å². The van der Waals surface area contributed by atoms with Gasteiger partial charge in [0.1, 0.15) is 5.76 Å². The Balaban J connectivity index is 1.81. The van der Waals surface area contributed by atoms with Gasteiger partial charge in [0.2, 0.25) is 0 Å². The fraction of sp³-hybridized carbons (Fsp3) is 0.500. The highest BCUT2D eigenvalue weighted by Gasteiger charge is 2.22. The van der Waals surface area contributed by atoms with Crippen LogP contribution in [0.3, 0.4) is 0 Å². The highest BCUT2D eigenvalue weighted by Crippen LogP contribution is 2.36. The van der Waals surface area contributed by atoms with E-state index < -0.39 is 0 Å². The van der Waals surface area contributed by atoms with E-state index in [4.69, 9.17) is 15.0 Å². The van der Waals surface area contributed by atoms with Crippen LogP contribution in [-0.2, 0) is 4.74 Å². The molecule has 1 aliphatic rings. The highest BCUT2D eigenvalue weighted by molar-refractivity contribution is 5.87. The van der Waals surface area contributed by atoms with Gasteiger partial charge in [-0.15, -0.1) is 0 Å². The number of ether oxygens (including phenoxy) is 1. The summed E-state index contributed by atoms with van der Waals surface area (Å²) in [5, 5.41) is 7.64. The van der Waals surface area contributed by atoms with Crippen LogP contribution in [-0.4, -0.2) is 24.4 Å². The number of methoxy groups -OCH3 is 1. The van der Waals surface area contributed by atoms with Crippen molar-refractivity contribution in [2.24, 2.45) is 0 Å². The van der Waals surface area contributed by atoms with Crippen LogP contribution in [0.25, 0.3) is 11.1 Å². The minimum atomic E-state index is 0.402. The second kappa shape index (κ2) is 6.62. The lowest BCUT2D eigenvalue weighted by atomic mass is 9.92. The van der Waals surface area contributed by atoms with Crippen LogP contribution in [0.15, 0.2) is 22.7 Å². The average Bonchev–Trinajstić information content (AvgIpc) is 2.89. The molecule has 1 aliphatic carbocycles. The molecule has 124 valence electrons. The Kier molecular flexibility index (Phi) is 4.57. The van der Waals surface area contributed by atoms with Crippen LogP contribution < -0.4 is 11.1 Å². The molecule has 0 amide bonds. The van der Waals surface area contributed by atoms with Crippen LogP contribution >= 0.6 is 0 Å². The summed E-state index contributed by atoms with van der Waals surface area (Å²) < 4.78 is 10.7. The summed E-state index contributed by atoms with van der Waals surface area (Å²) in [7, 11) is 1.80. The van der Waals surface area contributed by atoms with Gasteiger partial charge in [0.05, 0.1) is 23.2 Å². The number of nitrogens with zero attached hydrogens (tertiary/aromatic N) is 1. The van der Waals surface area contributed by atoms with E-state index >= 15 is 0 Å². The molecule has 5 nitrogen and oxygen atoms in total. The number of nitrogens with two attached hydrogens (primary N) is 1. The summed E-state index contributed by atoms with van der Waals surface area (Å²) in [6.07, 6.45) is 4.80. The third-order valence-corrected chi connectivity index (χ3v) is 4.78. The predicted octanol–water partition coefficient (Wildman–Crippen LogP) is 3.91. The van der Waals surface area contributed by atoms with Crippen molar-refractivity contribution < 1.29 is 9.26 Å². The van der Waals surface area contributed by atoms with E-state index in [1.165, 1.54) is 0 Å². The maximum atomic E-state index is 6.43. The quantitative estimate of drug-likeness (QED) is 0.837. The Bertz CT molecular complexity index is 653. The molecule has 3 N–H and O–H groups in total. The van der Waals surface area contributed by atoms with Crippen molar-refractivity contribution >= 4 is 11.4 Å². The van der Waals surface area contributed by atoms with Gasteiger partial charge in [0.25, 0.3) is 0 Å². The molecule has 2 aromatic rings. The molecule has 23 heavy (non-hydrogen) atoms. The normalized spacial score (nSPS) is 21.3. The molecule has 1 aromatic heterocycles. The molecule has 0 saturated heterocycles. The molecule has 0 bridgehead atoms. The minimum absolute atomic E-state index is 0.402. The van der Waals surface area contributed by atoms with Crippen molar-refractivity contribution in [3.05, 3.63) is 29.7 Å². The zero-order chi connectivity index (χ0) is 16.4. The molecule has 0 atom stereocenters. The van der Waals surface area contributed by atoms with Gasteiger partial charge in [0, 0.05) is 24.3 Å². The van der Waals surface area contributed by atoms with Gasteiger partial charge < -0.3 is 20.3 Å². The first-order valence-corrected chi connectivity index (χ1v) is 8.21. The summed E-state index contributed by atoms with van der Waals surface area (Å²) in [6, 6.07) is 6.54. The number of hydrogen-bond acceptors (Lipinski definition) is 5. The third-order valence-electron chi connectivity index (χ3n) is 4.78. The lowest BCUT2D eigenvalue weighted by Gasteiger charge is -2.29. The first kappa shape index (κ1) is 15.9. The molecule has 1 aromatic carbocycles. The van der Waals surface area contributed by atoms with Crippen LogP contribution in [0.1, 0.15) is 37.1 Å². The summed E-state index contributed by atoms with van der Waals surface area (Å²) >= 11 is 0. The number of nitrogens with one attached hydrogen (secondary N) is 1. The Morgan fingerprint density at radius 2 is 1.96 bits per heavy atom. The molecule has 0 aliphatic heterocycles. The lowest BCUT2D eigenvalue weighted by Crippen LogP contribution is -2.29. The highest BCUT2D eigenvalue weighted by atomic mass is 16.5. The molecule has 0 unspecified atom stereocenters. The van der Waals surface area contributed by atoms with E-state index in [1.54, 1.807) is 7.11 Å². The van der Waals surface area contributed by atoms with Crippen LogP contribution in [0.2, 0.25) is 0 Å². The monoisotopic (exact) mass is 315 g/mol. The Hall–Kier alpha value is -2.01. The van der Waals surface area contributed by atoms with Gasteiger partial charge in [-0.05, 0) is 45.6 Å². The van der Waals surface area contributed by atoms with Gasteiger partial charge in [0.15, 0.2) is 0 Å². The Labute approximate surface area is 137 Å². The predicted molar refractivity (Wildman–Crippen MR) is 92.5 cm³/mol. The molecule has 5 heteroatoms. The number of benzene rings is 1. The maximum Gasteiger partial charge on any atom is 0.141 e. The maximum absolute atomic E-state index is 6.43. The number of rotatable bonds is 4. The van der Waals surface area contributed by atoms with Gasteiger partial charge in [-0.3, -0.25) is 0 Å². The number of anilines is 2. The molecule has 1 fully saturated rings. The van der Waals surface area contributed by atoms with E-state index in [-0.39, 0.29) is 0 Å². The van der Waals surface area contributed by atoms with Crippen molar-refractivity contribution in [2.75, 3.05) is 18.2 Å². The molecule has 0 radical (unpaired) electrons. The third kappa shape index (κ3) is 3.20. The van der Waals surface area contributed by atoms with E-state index in [0.29, 0.717) is 12.1 Å². The zero-order valence-corrected chi connectivity index (χ0v) is 14.1. The van der Waals surface area contributed by atoms with Crippen molar-refractivity contribution in [3.8, 4) is 11.1 Å². The van der Waals surface area contributed by atoms with Crippen molar-refractivity contribution in [2.45, 2.75) is 51.7 Å². The first-order valence-electron chi connectivity index (χ1n) is 8.21. The van der Waals surface area contributed by atoms with Gasteiger partial charge >= 0.3 is 0 Å². The summed E-state index contributed by atoms with van der Waals surface area (Å²) in [5.41, 5.74) is 11.0. The number of nitrogen functional groups attached to an aromatic ring is 1. The molecule has 1 heterocycles. The Morgan fingerprint density at radius 1 is 1.22 bits per heavy atom. The number of aryl methyl sites for hydroxylation is 2. The standard InChI is InChI=1S/C18H25N3O2/c1-11-17(12(2)23-21-11)15-5-4-6-16(18(15)19)20-13-7-9-14(22-3)10-8-13/h4-6,13-14,20H,7-10,19H2,1-3H3. The number of hydrogen-bond donors (Lipinski definition) is 2. The fourth-order valence-electron chi connectivity index (χ4n) is 3.44. The first-order chi connectivity index (χ1) is 11.1. The van der Waals surface area contributed by atoms with E-state index in [2.05, 4.69) is 10.5 Å². The summed E-state index contributed by atoms with van der Waals surface area (Å²) in [5.74, 6) is 0.798. The topological polar surface area (TPSA) is 73.3 Å². The van der Waals surface area contributed by atoms with E-state index in [9.17, 15) is 0 Å². The molecular weight excluding hydrogens is 290 g/mol. The van der Waals surface area contributed by atoms with Crippen molar-refractivity contribution in [1.29, 1.82) is 0 Å². The minimum Gasteiger partial charge on any atom is -0.397 e. The molecule has 3 rings (SSSR count). The average molecular weight is 315 g/mol. The second-order valence-corrected chi connectivity index (χ2v) is 6.32. The fourth-order valence-corrected chi connectivity index (χ4v) is 3.44. The lowest BCUT2D eigenvalue weighted by molar-refractivity contribution is 0.0682. The number of para-hydroxylation sites is 1. The molecular formula is C18H25N3O2. The van der Waals surface area contributed by atoms with E-state index in [1.807, 2.05) is 32.0 Å². The SMILES string of the molecule is COC1CCC(Nc2cccc(-c3c(C)noc3C)c2N)CC1. The van der Waals surface area contributed by atoms with Crippen LogP contribution in [0.4, 0.5) is 11.4 Å². The van der Waals surface area contributed by atoms with E-state index in [0.717, 1.165) is 59.6 Å². The second-order valence-electron chi connectivity index (χ2n) is 6.32. The Morgan fingerprint density at radius 3 is 2.57 bits per heavy atom.